The first-order valence-corrected chi connectivity index (χ1v) is 6.45. The predicted molar refractivity (Wildman–Crippen MR) is 87.0 cm³/mol. The highest BCUT2D eigenvalue weighted by Gasteiger charge is 1.96. The summed E-state index contributed by atoms with van der Waals surface area (Å²) in [7, 11) is 1.77. The third kappa shape index (κ3) is 14.0. The molecule has 5 nitrogen and oxygen atoms in total. The van der Waals surface area contributed by atoms with E-state index in [4.69, 9.17) is 9.47 Å². The van der Waals surface area contributed by atoms with E-state index in [0.29, 0.717) is 6.61 Å². The zero-order chi connectivity index (χ0) is 12.8. The summed E-state index contributed by atoms with van der Waals surface area (Å²) in [6.07, 6.45) is 2.17. The van der Waals surface area contributed by atoms with Crippen molar-refractivity contribution in [2.24, 2.45) is 4.99 Å². The zero-order valence-corrected chi connectivity index (χ0v) is 14.2. The molecule has 110 valence electrons. The number of rotatable bonds is 10. The minimum Gasteiger partial charge on any atom is -0.382 e. The lowest BCUT2D eigenvalue weighted by molar-refractivity contribution is 0.143. The van der Waals surface area contributed by atoms with Crippen LogP contribution in [-0.2, 0) is 9.47 Å². The molecule has 0 aliphatic heterocycles. The Bertz CT molecular complexity index is 192. The van der Waals surface area contributed by atoms with Crippen LogP contribution in [0, 0.1) is 0 Å². The SMILES string of the molecule is CCOCCCCNC(=NC)NCCOCC.I. The lowest BCUT2D eigenvalue weighted by atomic mass is 10.3. The fourth-order valence-electron chi connectivity index (χ4n) is 1.29. The van der Waals surface area contributed by atoms with Crippen molar-refractivity contribution in [3.63, 3.8) is 0 Å². The molecule has 0 aromatic heterocycles. The summed E-state index contributed by atoms with van der Waals surface area (Å²) in [6.45, 7) is 8.82. The van der Waals surface area contributed by atoms with E-state index in [2.05, 4.69) is 15.6 Å². The van der Waals surface area contributed by atoms with Crippen LogP contribution in [0.15, 0.2) is 4.99 Å². The van der Waals surface area contributed by atoms with Gasteiger partial charge in [0.05, 0.1) is 6.61 Å². The maximum atomic E-state index is 5.27. The van der Waals surface area contributed by atoms with E-state index < -0.39 is 0 Å². The van der Waals surface area contributed by atoms with Gasteiger partial charge in [-0.05, 0) is 26.7 Å². The third-order valence-corrected chi connectivity index (χ3v) is 2.18. The minimum absolute atomic E-state index is 0. The normalized spacial score (nSPS) is 10.9. The second kappa shape index (κ2) is 16.9. The average molecular weight is 373 g/mol. The number of aliphatic imine (C=N–C) groups is 1. The van der Waals surface area contributed by atoms with Crippen LogP contribution in [0.3, 0.4) is 0 Å². The van der Waals surface area contributed by atoms with Crippen LogP contribution in [0.4, 0.5) is 0 Å². The van der Waals surface area contributed by atoms with E-state index in [0.717, 1.165) is 51.7 Å². The largest absolute Gasteiger partial charge is 0.382 e. The summed E-state index contributed by atoms with van der Waals surface area (Å²) in [5.41, 5.74) is 0. The first-order chi connectivity index (χ1) is 8.35. The molecule has 0 saturated heterocycles. The number of hydrogen-bond acceptors (Lipinski definition) is 3. The number of halogens is 1. The van der Waals surface area contributed by atoms with E-state index in [1.165, 1.54) is 0 Å². The molecule has 0 rings (SSSR count). The molecule has 0 unspecified atom stereocenters. The van der Waals surface area contributed by atoms with Crippen molar-refractivity contribution >= 4 is 29.9 Å². The molecule has 0 amide bonds. The number of nitrogens with one attached hydrogen (secondary N) is 2. The van der Waals surface area contributed by atoms with Gasteiger partial charge in [-0.15, -0.1) is 24.0 Å². The Labute approximate surface area is 128 Å². The molecule has 0 atom stereocenters. The number of unbranched alkanes of at least 4 members (excludes halogenated alkanes) is 1. The quantitative estimate of drug-likeness (QED) is 0.265. The van der Waals surface area contributed by atoms with Crippen molar-refractivity contribution in [2.45, 2.75) is 26.7 Å². The Morgan fingerprint density at radius 3 is 2.17 bits per heavy atom. The van der Waals surface area contributed by atoms with E-state index in [9.17, 15) is 0 Å². The van der Waals surface area contributed by atoms with Gasteiger partial charge in [0, 0.05) is 40.0 Å². The Hall–Kier alpha value is -0.0800. The van der Waals surface area contributed by atoms with Crippen molar-refractivity contribution in [1.82, 2.24) is 10.6 Å². The van der Waals surface area contributed by atoms with Gasteiger partial charge in [-0.3, -0.25) is 4.99 Å². The number of guanidine groups is 1. The Balaban J connectivity index is 0. The van der Waals surface area contributed by atoms with Crippen molar-refractivity contribution in [1.29, 1.82) is 0 Å². The molecule has 2 N–H and O–H groups in total. The van der Waals surface area contributed by atoms with Crippen molar-refractivity contribution in [2.75, 3.05) is 46.6 Å². The maximum absolute atomic E-state index is 5.27. The van der Waals surface area contributed by atoms with Crippen molar-refractivity contribution in [3.8, 4) is 0 Å². The Morgan fingerprint density at radius 2 is 1.56 bits per heavy atom. The molecule has 0 bridgehead atoms. The molecular weight excluding hydrogens is 345 g/mol. The molecule has 0 aromatic carbocycles. The highest BCUT2D eigenvalue weighted by molar-refractivity contribution is 14.0. The topological polar surface area (TPSA) is 54.9 Å². The summed E-state index contributed by atoms with van der Waals surface area (Å²) in [6, 6.07) is 0. The van der Waals surface area contributed by atoms with Gasteiger partial charge in [0.1, 0.15) is 0 Å². The van der Waals surface area contributed by atoms with Gasteiger partial charge in [-0.25, -0.2) is 0 Å². The van der Waals surface area contributed by atoms with Crippen LogP contribution in [0.2, 0.25) is 0 Å². The molecular formula is C12H28IN3O2. The first-order valence-electron chi connectivity index (χ1n) is 6.45. The molecule has 0 aliphatic carbocycles. The van der Waals surface area contributed by atoms with E-state index in [-0.39, 0.29) is 24.0 Å². The van der Waals surface area contributed by atoms with Crippen LogP contribution in [0.1, 0.15) is 26.7 Å². The fraction of sp³-hybridized carbons (Fsp3) is 0.917. The van der Waals surface area contributed by atoms with Gasteiger partial charge < -0.3 is 20.1 Å². The highest BCUT2D eigenvalue weighted by Crippen LogP contribution is 1.88. The number of hydrogen-bond donors (Lipinski definition) is 2. The van der Waals surface area contributed by atoms with Crippen LogP contribution >= 0.6 is 24.0 Å². The van der Waals surface area contributed by atoms with Crippen LogP contribution in [0.25, 0.3) is 0 Å². The third-order valence-electron chi connectivity index (χ3n) is 2.18. The summed E-state index contributed by atoms with van der Waals surface area (Å²) in [5, 5.41) is 6.44. The fourth-order valence-corrected chi connectivity index (χ4v) is 1.29. The summed E-state index contributed by atoms with van der Waals surface area (Å²) in [4.78, 5) is 4.13. The minimum atomic E-state index is 0. The second-order valence-electron chi connectivity index (χ2n) is 3.53. The molecule has 0 aliphatic rings. The lowest BCUT2D eigenvalue weighted by Gasteiger charge is -2.11. The standard InChI is InChI=1S/C12H27N3O2.HI/c1-4-16-10-7-6-8-14-12(13-3)15-9-11-17-5-2;/h4-11H2,1-3H3,(H2,13,14,15);1H. The Kier molecular flexibility index (Phi) is 19.0. The van der Waals surface area contributed by atoms with Gasteiger partial charge in [-0.2, -0.15) is 0 Å². The summed E-state index contributed by atoms with van der Waals surface area (Å²) in [5.74, 6) is 0.834. The monoisotopic (exact) mass is 373 g/mol. The lowest BCUT2D eigenvalue weighted by Crippen LogP contribution is -2.39. The van der Waals surface area contributed by atoms with E-state index >= 15 is 0 Å². The molecule has 0 saturated carbocycles. The molecule has 0 heterocycles. The van der Waals surface area contributed by atoms with Crippen LogP contribution in [0.5, 0.6) is 0 Å². The molecule has 0 spiro atoms. The zero-order valence-electron chi connectivity index (χ0n) is 11.8. The van der Waals surface area contributed by atoms with Gasteiger partial charge in [0.25, 0.3) is 0 Å². The first kappa shape index (κ1) is 20.2. The van der Waals surface area contributed by atoms with Crippen molar-refractivity contribution in [3.05, 3.63) is 0 Å². The summed E-state index contributed by atoms with van der Waals surface area (Å²) < 4.78 is 10.5. The molecule has 0 aromatic rings. The smallest absolute Gasteiger partial charge is 0.191 e. The van der Waals surface area contributed by atoms with Crippen LogP contribution in [-0.4, -0.2) is 52.5 Å². The summed E-state index contributed by atoms with van der Waals surface area (Å²) >= 11 is 0. The molecule has 18 heavy (non-hydrogen) atoms. The number of ether oxygens (including phenoxy) is 2. The van der Waals surface area contributed by atoms with E-state index in [1.54, 1.807) is 7.05 Å². The second-order valence-corrected chi connectivity index (χ2v) is 3.53. The molecule has 0 radical (unpaired) electrons. The molecule has 0 fully saturated rings. The van der Waals surface area contributed by atoms with Crippen molar-refractivity contribution < 1.29 is 9.47 Å². The van der Waals surface area contributed by atoms with Crippen LogP contribution < -0.4 is 10.6 Å². The van der Waals surface area contributed by atoms with E-state index in [1.807, 2.05) is 13.8 Å². The Morgan fingerprint density at radius 1 is 0.944 bits per heavy atom. The van der Waals surface area contributed by atoms with Gasteiger partial charge >= 0.3 is 0 Å². The van der Waals surface area contributed by atoms with Gasteiger partial charge in [0.2, 0.25) is 0 Å². The highest BCUT2D eigenvalue weighted by atomic mass is 127. The average Bonchev–Trinajstić information content (AvgIpc) is 2.36. The van der Waals surface area contributed by atoms with Gasteiger partial charge in [-0.1, -0.05) is 0 Å². The molecule has 6 heteroatoms. The predicted octanol–water partition coefficient (Wildman–Crippen LogP) is 1.62. The maximum Gasteiger partial charge on any atom is 0.191 e. The van der Waals surface area contributed by atoms with Gasteiger partial charge in [0.15, 0.2) is 5.96 Å². The number of nitrogens with zero attached hydrogens (tertiary/aromatic N) is 1.